The molecule has 3 aromatic heterocycles. The summed E-state index contributed by atoms with van der Waals surface area (Å²) in [5.74, 6) is -1.77. The van der Waals surface area contributed by atoms with E-state index in [-0.39, 0.29) is 61.3 Å². The van der Waals surface area contributed by atoms with Crippen LogP contribution < -0.4 is 21.1 Å². The van der Waals surface area contributed by atoms with Crippen LogP contribution in [-0.2, 0) is 38.3 Å². The van der Waals surface area contributed by atoms with Gasteiger partial charge < -0.3 is 29.7 Å². The second-order valence-corrected chi connectivity index (χ2v) is 12.4. The quantitative estimate of drug-likeness (QED) is 0.274. The molecule has 0 atom stereocenters. The molecule has 0 spiro atoms. The van der Waals surface area contributed by atoms with Crippen molar-refractivity contribution < 1.29 is 32.3 Å². The van der Waals surface area contributed by atoms with Crippen LogP contribution in [0, 0.1) is 0 Å². The van der Waals surface area contributed by atoms with E-state index >= 15 is 0 Å². The van der Waals surface area contributed by atoms with Crippen molar-refractivity contribution in [2.75, 3.05) is 54.9 Å². The highest BCUT2D eigenvalue weighted by Gasteiger charge is 2.32. The third-order valence-electron chi connectivity index (χ3n) is 8.03. The number of ether oxygens (including phenoxy) is 1. The predicted octanol–water partition coefficient (Wildman–Crippen LogP) is 3.31. The summed E-state index contributed by atoms with van der Waals surface area (Å²) < 4.78 is 47.6. The van der Waals surface area contributed by atoms with Crippen molar-refractivity contribution >= 4 is 68.4 Å². The van der Waals surface area contributed by atoms with Gasteiger partial charge in [-0.05, 0) is 36.6 Å². The van der Waals surface area contributed by atoms with Crippen LogP contribution in [0.4, 0.5) is 29.5 Å². The predicted molar refractivity (Wildman–Crippen MR) is 175 cm³/mol. The normalized spacial score (nSPS) is 15.3. The van der Waals surface area contributed by atoms with Crippen molar-refractivity contribution in [3.05, 3.63) is 68.4 Å². The Labute approximate surface area is 285 Å². The molecule has 3 amide bonds. The van der Waals surface area contributed by atoms with E-state index < -0.39 is 35.0 Å². The van der Waals surface area contributed by atoms with Gasteiger partial charge in [0.05, 0.1) is 46.9 Å². The molecular weight excluding hydrogens is 691 g/mol. The zero-order valence-corrected chi connectivity index (χ0v) is 27.5. The molecule has 0 aliphatic carbocycles. The van der Waals surface area contributed by atoms with Crippen LogP contribution in [0.2, 0.25) is 5.02 Å². The number of anilines is 3. The Morgan fingerprint density at radius 1 is 1.12 bits per heavy atom. The maximum atomic E-state index is 14.1. The Balaban J connectivity index is 1.31. The zero-order chi connectivity index (χ0) is 34.9. The molecule has 2 aliphatic heterocycles. The number of amides is 3. The summed E-state index contributed by atoms with van der Waals surface area (Å²) >= 11 is 7.27. The average Bonchev–Trinajstić information content (AvgIpc) is 3.77. The summed E-state index contributed by atoms with van der Waals surface area (Å²) in [6.07, 6.45) is -0.565. The molecule has 4 aromatic rings. The number of rotatable bonds is 7. The summed E-state index contributed by atoms with van der Waals surface area (Å²) in [5, 5.41) is 9.73. The number of carbonyl (C=O) groups excluding carboxylic acids is 3. The Kier molecular flexibility index (Phi) is 9.71. The molecular formula is C30H29ClF3N9O5S. The Morgan fingerprint density at radius 3 is 2.53 bits per heavy atom. The van der Waals surface area contributed by atoms with Gasteiger partial charge >= 0.3 is 18.0 Å². The number of fused-ring (bicyclic) bond motifs is 1. The first-order valence-corrected chi connectivity index (χ1v) is 16.4. The van der Waals surface area contributed by atoms with E-state index in [9.17, 15) is 32.3 Å². The number of carbonyl (C=O) groups is 3. The highest BCUT2D eigenvalue weighted by Crippen LogP contribution is 2.34. The number of benzene rings is 1. The molecule has 1 fully saturated rings. The van der Waals surface area contributed by atoms with Crippen LogP contribution in [0.15, 0.2) is 40.8 Å². The number of nitrogens with zero attached hydrogens (tertiary/aromatic N) is 7. The summed E-state index contributed by atoms with van der Waals surface area (Å²) in [6.45, 7) is 2.89. The molecule has 0 bridgehead atoms. The van der Waals surface area contributed by atoms with E-state index in [4.69, 9.17) is 16.3 Å². The van der Waals surface area contributed by atoms with E-state index in [1.807, 2.05) is 6.08 Å². The number of alkyl halides is 3. The monoisotopic (exact) mass is 719 g/mol. The molecule has 6 rings (SSSR count). The highest BCUT2D eigenvalue weighted by atomic mass is 35.5. The van der Waals surface area contributed by atoms with E-state index in [0.717, 1.165) is 28.3 Å². The number of piperazine rings is 1. The van der Waals surface area contributed by atoms with Crippen LogP contribution in [0.5, 0.6) is 0 Å². The summed E-state index contributed by atoms with van der Waals surface area (Å²) in [6, 6.07) is 2.61. The number of aromatic nitrogens is 5. The van der Waals surface area contributed by atoms with Gasteiger partial charge in [0.25, 0.3) is 5.56 Å². The fourth-order valence-corrected chi connectivity index (χ4v) is 6.38. The van der Waals surface area contributed by atoms with Gasteiger partial charge in [-0.25, -0.2) is 0 Å². The third kappa shape index (κ3) is 7.16. The lowest BCUT2D eigenvalue weighted by atomic mass is 10.1. The first kappa shape index (κ1) is 34.1. The minimum absolute atomic E-state index is 0.0234. The van der Waals surface area contributed by atoms with Crippen LogP contribution in [0.25, 0.3) is 11.4 Å². The molecule has 0 saturated carbocycles. The number of hydrogen-bond acceptors (Lipinski definition) is 10. The molecule has 49 heavy (non-hydrogen) atoms. The molecule has 14 nitrogen and oxygen atoms in total. The molecule has 2 N–H and O–H groups in total. The lowest BCUT2D eigenvalue weighted by Gasteiger charge is -2.36. The van der Waals surface area contributed by atoms with Crippen molar-refractivity contribution in [3.8, 4) is 0 Å². The van der Waals surface area contributed by atoms with Crippen LogP contribution in [0.3, 0.4) is 0 Å². The minimum atomic E-state index is -4.61. The largest absolute Gasteiger partial charge is 0.416 e. The smallest absolute Gasteiger partial charge is 0.377 e. The Morgan fingerprint density at radius 2 is 1.90 bits per heavy atom. The molecule has 19 heteroatoms. The van der Waals surface area contributed by atoms with Crippen molar-refractivity contribution in [2.45, 2.75) is 32.5 Å². The van der Waals surface area contributed by atoms with Crippen LogP contribution in [-0.4, -0.2) is 86.2 Å². The van der Waals surface area contributed by atoms with Gasteiger partial charge in [0.15, 0.2) is 5.82 Å². The lowest BCUT2D eigenvalue weighted by molar-refractivity contribution is -0.143. The maximum Gasteiger partial charge on any atom is 0.416 e. The minimum Gasteiger partial charge on any atom is -0.377 e. The van der Waals surface area contributed by atoms with E-state index in [1.165, 1.54) is 27.9 Å². The van der Waals surface area contributed by atoms with Crippen molar-refractivity contribution in [1.82, 2.24) is 29.0 Å². The lowest BCUT2D eigenvalue weighted by Crippen LogP contribution is -2.53. The first-order valence-electron chi connectivity index (χ1n) is 15.1. The molecule has 5 heterocycles. The second kappa shape index (κ2) is 14.0. The molecule has 258 valence electrons. The first-order chi connectivity index (χ1) is 23.4. The van der Waals surface area contributed by atoms with Gasteiger partial charge in [0.2, 0.25) is 11.7 Å². The molecule has 1 aromatic carbocycles. The van der Waals surface area contributed by atoms with Gasteiger partial charge in [-0.15, -0.1) is 16.4 Å². The van der Waals surface area contributed by atoms with Crippen LogP contribution in [0.1, 0.15) is 30.4 Å². The molecule has 0 unspecified atom stereocenters. The van der Waals surface area contributed by atoms with Gasteiger partial charge in [-0.3, -0.25) is 24.2 Å². The van der Waals surface area contributed by atoms with Crippen LogP contribution >= 0.6 is 22.9 Å². The maximum absolute atomic E-state index is 14.1. The third-order valence-corrected chi connectivity index (χ3v) is 9.03. The van der Waals surface area contributed by atoms with E-state index in [1.54, 1.807) is 16.4 Å². The van der Waals surface area contributed by atoms with Crippen molar-refractivity contribution in [3.63, 3.8) is 0 Å². The van der Waals surface area contributed by atoms with Gasteiger partial charge in [-0.2, -0.15) is 22.7 Å². The Bertz CT molecular complexity index is 2000. The molecule has 1 saturated heterocycles. The number of nitrogens with one attached hydrogen (secondary N) is 2. The van der Waals surface area contributed by atoms with E-state index in [0.29, 0.717) is 36.2 Å². The fraction of sp³-hybridized carbons (Fsp3) is 0.367. The average molecular weight is 720 g/mol. The second-order valence-electron chi connectivity index (χ2n) is 11.1. The fourth-order valence-electron chi connectivity index (χ4n) is 5.64. The number of halogens is 4. The van der Waals surface area contributed by atoms with Gasteiger partial charge in [-0.1, -0.05) is 24.6 Å². The van der Waals surface area contributed by atoms with Crippen molar-refractivity contribution in [2.24, 2.45) is 0 Å². The molecule has 0 radical (unpaired) electrons. The number of hydrogen-bond donors (Lipinski definition) is 2. The number of thiazole rings is 1. The summed E-state index contributed by atoms with van der Waals surface area (Å²) in [7, 11) is 0. The van der Waals surface area contributed by atoms with Gasteiger partial charge in [0, 0.05) is 26.2 Å². The van der Waals surface area contributed by atoms with Gasteiger partial charge in [0.1, 0.15) is 17.2 Å². The van der Waals surface area contributed by atoms with E-state index in [2.05, 4.69) is 25.7 Å². The zero-order valence-electron chi connectivity index (χ0n) is 25.9. The van der Waals surface area contributed by atoms with Crippen molar-refractivity contribution in [1.29, 1.82) is 0 Å². The standard InChI is InChI=1S/C30H29ClF3N9O5S/c1-2-21-24(40-7-9-41(10-8-40)28(47)26(45)37-23-14-35-16-49-23)27(46)43-29(38-25(39-43)17-5-11-48-12-6-17)42(21)15-22(44)36-20-4-3-18(13-19(20)31)30(32,33)34/h3-5,13-14,16H,2,6-12,15H2,1H3,(H,36,44)(H,37,45). The molecule has 2 aliphatic rings. The SMILES string of the molecule is CCc1c(N2CCN(C(=O)C(=O)Nc3cncs3)CC2)c(=O)n2nc(C3=CCOCC3)nc2n1CC(=O)Nc1ccc(C(F)(F)F)cc1Cl. The summed E-state index contributed by atoms with van der Waals surface area (Å²) in [4.78, 5) is 64.6. The highest BCUT2D eigenvalue weighted by molar-refractivity contribution is 7.14. The Hall–Kier alpha value is -4.81. The summed E-state index contributed by atoms with van der Waals surface area (Å²) in [5.41, 5.74) is 1.53. The topological polar surface area (TPSA) is 156 Å².